The van der Waals surface area contributed by atoms with Crippen molar-refractivity contribution in [3.05, 3.63) is 63.9 Å². The molecule has 2 atom stereocenters. The fourth-order valence-electron chi connectivity index (χ4n) is 4.72. The summed E-state index contributed by atoms with van der Waals surface area (Å²) in [7, 11) is 0. The molecule has 9 heteroatoms. The van der Waals surface area contributed by atoms with E-state index >= 15 is 0 Å². The van der Waals surface area contributed by atoms with E-state index in [0.29, 0.717) is 34.1 Å². The highest BCUT2D eigenvalue weighted by Crippen LogP contribution is 2.37. The average molecular weight is 467 g/mol. The molecule has 5 rings (SSSR count). The summed E-state index contributed by atoms with van der Waals surface area (Å²) in [5.74, 6) is -0.955. The van der Waals surface area contributed by atoms with Gasteiger partial charge in [-0.1, -0.05) is 18.0 Å². The van der Waals surface area contributed by atoms with E-state index in [1.54, 1.807) is 30.5 Å². The van der Waals surface area contributed by atoms with Gasteiger partial charge in [-0.15, -0.1) is 0 Å². The van der Waals surface area contributed by atoms with Crippen molar-refractivity contribution in [2.75, 3.05) is 0 Å². The highest BCUT2D eigenvalue weighted by Gasteiger charge is 2.39. The number of nitrogens with one attached hydrogen (secondary N) is 2. The maximum absolute atomic E-state index is 13.1. The number of nitrogens with zero attached hydrogens (tertiary/aromatic N) is 2. The third-order valence-corrected chi connectivity index (χ3v) is 6.99. The van der Waals surface area contributed by atoms with Crippen LogP contribution in [0.2, 0.25) is 5.02 Å². The normalized spacial score (nSPS) is 21.3. The lowest BCUT2D eigenvalue weighted by Gasteiger charge is -2.34. The zero-order chi connectivity index (χ0) is 23.1. The Bertz CT molecular complexity index is 1150. The molecule has 1 saturated heterocycles. The molecule has 0 bridgehead atoms. The van der Waals surface area contributed by atoms with Gasteiger partial charge >= 0.3 is 0 Å². The second-order valence-electron chi connectivity index (χ2n) is 8.82. The van der Waals surface area contributed by atoms with Crippen LogP contribution in [0.15, 0.2) is 36.5 Å². The van der Waals surface area contributed by atoms with Gasteiger partial charge < -0.3 is 10.2 Å². The molecule has 1 aliphatic carbocycles. The minimum Gasteiger partial charge on any atom is -0.343 e. The van der Waals surface area contributed by atoms with Crippen LogP contribution in [-0.4, -0.2) is 39.6 Å². The number of aromatic nitrogens is 1. The Morgan fingerprint density at radius 3 is 2.64 bits per heavy atom. The standard InChI is InChI=1S/C24H23ClN4O4/c25-16-5-7-18(26-11-16)21(13-2-1-3-13)28-22(31)14-4-6-17-15(10-14)12-29(24(17)33)19-8-9-20(30)27-23(19)32/h4-7,10-11,13,19,21H,1-3,8-9,12H2,(H,28,31)(H,27,30,32)/t19-,21-/m0/s1. The summed E-state index contributed by atoms with van der Waals surface area (Å²) < 4.78 is 0. The van der Waals surface area contributed by atoms with Crippen molar-refractivity contribution >= 4 is 35.2 Å². The molecule has 1 saturated carbocycles. The number of halogens is 1. The second kappa shape index (κ2) is 8.59. The SMILES string of the molecule is O=C1CC[C@H](N2Cc3cc(C(=O)N[C@H](c4ccc(Cl)cn4)C4CCC4)ccc3C2=O)C(=O)N1. The number of hydrogen-bond acceptors (Lipinski definition) is 5. The van der Waals surface area contributed by atoms with Crippen LogP contribution in [0.25, 0.3) is 0 Å². The minimum absolute atomic E-state index is 0.200. The first-order valence-corrected chi connectivity index (χ1v) is 11.5. The predicted molar refractivity (Wildman–Crippen MR) is 119 cm³/mol. The van der Waals surface area contributed by atoms with Gasteiger partial charge in [0.15, 0.2) is 0 Å². The Morgan fingerprint density at radius 1 is 1.15 bits per heavy atom. The van der Waals surface area contributed by atoms with Crippen molar-refractivity contribution in [2.24, 2.45) is 5.92 Å². The Labute approximate surface area is 195 Å². The van der Waals surface area contributed by atoms with E-state index in [1.165, 1.54) is 4.90 Å². The number of piperidine rings is 1. The lowest BCUT2D eigenvalue weighted by Crippen LogP contribution is -2.52. The Kier molecular flexibility index (Phi) is 5.62. The van der Waals surface area contributed by atoms with Crippen LogP contribution in [-0.2, 0) is 16.1 Å². The number of imide groups is 1. The number of benzene rings is 1. The van der Waals surface area contributed by atoms with E-state index < -0.39 is 11.9 Å². The van der Waals surface area contributed by atoms with E-state index in [0.717, 1.165) is 25.0 Å². The van der Waals surface area contributed by atoms with Crippen molar-refractivity contribution < 1.29 is 19.2 Å². The largest absolute Gasteiger partial charge is 0.343 e. The molecule has 2 aliphatic heterocycles. The molecule has 170 valence electrons. The van der Waals surface area contributed by atoms with Gasteiger partial charge in [0, 0.05) is 30.3 Å². The first-order chi connectivity index (χ1) is 15.9. The molecule has 33 heavy (non-hydrogen) atoms. The van der Waals surface area contributed by atoms with Gasteiger partial charge in [-0.2, -0.15) is 0 Å². The smallest absolute Gasteiger partial charge is 0.255 e. The first kappa shape index (κ1) is 21.6. The molecule has 2 aromatic rings. The van der Waals surface area contributed by atoms with Crippen molar-refractivity contribution in [1.82, 2.24) is 20.5 Å². The Morgan fingerprint density at radius 2 is 1.97 bits per heavy atom. The minimum atomic E-state index is -0.682. The van der Waals surface area contributed by atoms with Crippen molar-refractivity contribution in [2.45, 2.75) is 50.7 Å². The number of carbonyl (C=O) groups excluding carboxylic acids is 4. The summed E-state index contributed by atoms with van der Waals surface area (Å²) in [6.45, 7) is 0.229. The van der Waals surface area contributed by atoms with Crippen LogP contribution in [0.3, 0.4) is 0 Å². The molecular formula is C24H23ClN4O4. The average Bonchev–Trinajstić information content (AvgIpc) is 3.08. The van der Waals surface area contributed by atoms with E-state index in [-0.39, 0.29) is 36.7 Å². The van der Waals surface area contributed by atoms with E-state index in [9.17, 15) is 19.2 Å². The summed E-state index contributed by atoms with van der Waals surface area (Å²) in [6, 6.07) is 7.70. The molecule has 0 spiro atoms. The van der Waals surface area contributed by atoms with Crippen LogP contribution in [0.4, 0.5) is 0 Å². The van der Waals surface area contributed by atoms with Crippen LogP contribution in [0, 0.1) is 5.92 Å². The third kappa shape index (κ3) is 4.11. The number of pyridine rings is 1. The van der Waals surface area contributed by atoms with E-state index in [1.807, 2.05) is 6.07 Å². The molecule has 4 amide bonds. The summed E-state index contributed by atoms with van der Waals surface area (Å²) in [5.41, 5.74) is 2.40. The molecule has 0 unspecified atom stereocenters. The highest BCUT2D eigenvalue weighted by molar-refractivity contribution is 6.30. The van der Waals surface area contributed by atoms with Crippen LogP contribution >= 0.6 is 11.6 Å². The Hall–Kier alpha value is -3.26. The number of hydrogen-bond donors (Lipinski definition) is 2. The lowest BCUT2D eigenvalue weighted by atomic mass is 9.78. The van der Waals surface area contributed by atoms with Gasteiger partial charge in [-0.05, 0) is 61.1 Å². The zero-order valence-corrected chi connectivity index (χ0v) is 18.6. The van der Waals surface area contributed by atoms with Crippen molar-refractivity contribution in [3.63, 3.8) is 0 Å². The maximum Gasteiger partial charge on any atom is 0.255 e. The molecule has 1 aromatic heterocycles. The van der Waals surface area contributed by atoms with Crippen LogP contribution < -0.4 is 10.6 Å². The fourth-order valence-corrected chi connectivity index (χ4v) is 4.83. The molecule has 3 aliphatic rings. The maximum atomic E-state index is 13.1. The van der Waals surface area contributed by atoms with Crippen LogP contribution in [0.5, 0.6) is 0 Å². The number of rotatable bonds is 5. The monoisotopic (exact) mass is 466 g/mol. The lowest BCUT2D eigenvalue weighted by molar-refractivity contribution is -0.136. The molecule has 2 fully saturated rings. The summed E-state index contributed by atoms with van der Waals surface area (Å²) in [4.78, 5) is 55.6. The zero-order valence-electron chi connectivity index (χ0n) is 17.8. The number of fused-ring (bicyclic) bond motifs is 1. The fraction of sp³-hybridized carbons (Fsp3) is 0.375. The molecule has 3 heterocycles. The predicted octanol–water partition coefficient (Wildman–Crippen LogP) is 2.77. The number of amides is 4. The second-order valence-corrected chi connectivity index (χ2v) is 9.25. The first-order valence-electron chi connectivity index (χ1n) is 11.1. The van der Waals surface area contributed by atoms with Crippen molar-refractivity contribution in [1.29, 1.82) is 0 Å². The van der Waals surface area contributed by atoms with Gasteiger partial charge in [0.2, 0.25) is 11.8 Å². The quantitative estimate of drug-likeness (QED) is 0.659. The van der Waals surface area contributed by atoms with Crippen molar-refractivity contribution in [3.8, 4) is 0 Å². The Balaban J connectivity index is 1.34. The van der Waals surface area contributed by atoms with E-state index in [2.05, 4.69) is 15.6 Å². The van der Waals surface area contributed by atoms with Gasteiger partial charge in [0.1, 0.15) is 6.04 Å². The van der Waals surface area contributed by atoms with Crippen LogP contribution in [0.1, 0.15) is 70.1 Å². The van der Waals surface area contributed by atoms with E-state index in [4.69, 9.17) is 11.6 Å². The topological polar surface area (TPSA) is 108 Å². The van der Waals surface area contributed by atoms with Gasteiger partial charge in [0.05, 0.1) is 16.8 Å². The molecule has 1 aromatic carbocycles. The summed E-state index contributed by atoms with van der Waals surface area (Å²) in [6.07, 6.45) is 5.26. The molecule has 0 radical (unpaired) electrons. The van der Waals surface area contributed by atoms with Gasteiger partial charge in [0.25, 0.3) is 11.8 Å². The summed E-state index contributed by atoms with van der Waals surface area (Å²) >= 11 is 5.97. The van der Waals surface area contributed by atoms with Gasteiger partial charge in [-0.3, -0.25) is 29.5 Å². The van der Waals surface area contributed by atoms with Gasteiger partial charge in [-0.25, -0.2) is 0 Å². The molecular weight excluding hydrogens is 444 g/mol. The molecule has 8 nitrogen and oxygen atoms in total. The highest BCUT2D eigenvalue weighted by atomic mass is 35.5. The third-order valence-electron chi connectivity index (χ3n) is 6.76. The molecule has 2 N–H and O–H groups in total. The summed E-state index contributed by atoms with van der Waals surface area (Å²) in [5, 5.41) is 5.95. The number of carbonyl (C=O) groups is 4.